The Hall–Kier alpha value is -2.97. The molecule has 0 N–H and O–H groups in total. The molecular formula is C25H17BrClF3O4. The van der Waals surface area contributed by atoms with Gasteiger partial charge in [-0.25, -0.2) is 0 Å². The molecule has 0 atom stereocenters. The number of hydrogen-bond acceptors (Lipinski definition) is 4. The van der Waals surface area contributed by atoms with Crippen LogP contribution in [0.3, 0.4) is 0 Å². The monoisotopic (exact) mass is 552 g/mol. The van der Waals surface area contributed by atoms with Crippen molar-refractivity contribution < 1.29 is 27.1 Å². The van der Waals surface area contributed by atoms with Crippen LogP contribution < -0.4 is 14.9 Å². The van der Waals surface area contributed by atoms with Gasteiger partial charge < -0.3 is 13.9 Å². The number of rotatable bonds is 5. The van der Waals surface area contributed by atoms with E-state index in [1.54, 1.807) is 13.8 Å². The first-order valence-corrected chi connectivity index (χ1v) is 11.2. The Balaban J connectivity index is 1.73. The van der Waals surface area contributed by atoms with Crippen molar-refractivity contribution in [2.45, 2.75) is 26.6 Å². The highest BCUT2D eigenvalue weighted by Gasteiger charge is 2.40. The molecule has 0 aliphatic heterocycles. The van der Waals surface area contributed by atoms with E-state index in [4.69, 9.17) is 25.5 Å². The van der Waals surface area contributed by atoms with Gasteiger partial charge in [-0.2, -0.15) is 13.2 Å². The van der Waals surface area contributed by atoms with Gasteiger partial charge in [-0.05, 0) is 66.9 Å². The molecular weight excluding hydrogens is 537 g/mol. The first kappa shape index (κ1) is 24.2. The zero-order valence-electron chi connectivity index (χ0n) is 17.9. The molecule has 4 aromatic rings. The van der Waals surface area contributed by atoms with Gasteiger partial charge in [-0.1, -0.05) is 39.7 Å². The molecule has 4 nitrogen and oxygen atoms in total. The summed E-state index contributed by atoms with van der Waals surface area (Å²) in [5.41, 5.74) is 0.851. The molecule has 176 valence electrons. The summed E-state index contributed by atoms with van der Waals surface area (Å²) in [4.78, 5) is 13.0. The Morgan fingerprint density at radius 1 is 0.971 bits per heavy atom. The molecule has 0 bridgehead atoms. The van der Waals surface area contributed by atoms with E-state index in [1.807, 2.05) is 24.3 Å². The smallest absolute Gasteiger partial charge is 0.453 e. The van der Waals surface area contributed by atoms with Gasteiger partial charge in [0.15, 0.2) is 0 Å². The fourth-order valence-electron chi connectivity index (χ4n) is 3.36. The molecule has 0 amide bonds. The summed E-state index contributed by atoms with van der Waals surface area (Å²) in [6.07, 6.45) is -4.96. The molecule has 34 heavy (non-hydrogen) atoms. The molecule has 0 aliphatic rings. The van der Waals surface area contributed by atoms with Crippen molar-refractivity contribution in [3.05, 3.63) is 96.8 Å². The van der Waals surface area contributed by atoms with E-state index in [1.165, 1.54) is 30.3 Å². The maximum Gasteiger partial charge on any atom is 0.453 e. The predicted octanol–water partition coefficient (Wildman–Crippen LogP) is 8.22. The highest BCUT2D eigenvalue weighted by atomic mass is 79.9. The molecule has 0 spiro atoms. The van der Waals surface area contributed by atoms with E-state index in [0.29, 0.717) is 16.1 Å². The SMILES string of the molecule is Cc1cc(Oc2c(C(F)(F)F)oc3cc(OCc4ccc(Br)cc4)ccc3c2=O)cc(C)c1Cl. The summed E-state index contributed by atoms with van der Waals surface area (Å²) >= 11 is 9.47. The Morgan fingerprint density at radius 2 is 1.62 bits per heavy atom. The van der Waals surface area contributed by atoms with Crippen LogP contribution in [-0.4, -0.2) is 0 Å². The fourth-order valence-corrected chi connectivity index (χ4v) is 3.73. The third kappa shape index (κ3) is 5.08. The van der Waals surface area contributed by atoms with Crippen LogP contribution in [0.5, 0.6) is 17.2 Å². The highest BCUT2D eigenvalue weighted by Crippen LogP contribution is 2.39. The minimum Gasteiger partial charge on any atom is -0.489 e. The predicted molar refractivity (Wildman–Crippen MR) is 127 cm³/mol. The van der Waals surface area contributed by atoms with Gasteiger partial charge >= 0.3 is 6.18 Å². The molecule has 0 radical (unpaired) electrons. The molecule has 1 aromatic heterocycles. The quantitative estimate of drug-likeness (QED) is 0.250. The van der Waals surface area contributed by atoms with Crippen molar-refractivity contribution in [3.63, 3.8) is 0 Å². The van der Waals surface area contributed by atoms with Crippen molar-refractivity contribution >= 4 is 38.5 Å². The van der Waals surface area contributed by atoms with E-state index in [9.17, 15) is 18.0 Å². The van der Waals surface area contributed by atoms with E-state index >= 15 is 0 Å². The average molecular weight is 554 g/mol. The third-order valence-electron chi connectivity index (χ3n) is 5.03. The maximum absolute atomic E-state index is 13.8. The molecule has 3 aromatic carbocycles. The Kier molecular flexibility index (Phi) is 6.64. The van der Waals surface area contributed by atoms with Gasteiger partial charge in [0, 0.05) is 15.6 Å². The minimum absolute atomic E-state index is 0.0472. The van der Waals surface area contributed by atoms with Crippen molar-refractivity contribution in [2.75, 3.05) is 0 Å². The lowest BCUT2D eigenvalue weighted by atomic mass is 10.1. The first-order chi connectivity index (χ1) is 16.0. The van der Waals surface area contributed by atoms with E-state index < -0.39 is 23.1 Å². The van der Waals surface area contributed by atoms with Crippen LogP contribution in [0.4, 0.5) is 13.2 Å². The summed E-state index contributed by atoms with van der Waals surface area (Å²) in [5.74, 6) is -2.17. The van der Waals surface area contributed by atoms with Crippen molar-refractivity contribution in [1.82, 2.24) is 0 Å². The third-order valence-corrected chi connectivity index (χ3v) is 6.15. The number of benzene rings is 3. The van der Waals surface area contributed by atoms with Gasteiger partial charge in [0.05, 0.1) is 5.39 Å². The number of alkyl halides is 3. The Morgan fingerprint density at radius 3 is 2.24 bits per heavy atom. The summed E-state index contributed by atoms with van der Waals surface area (Å²) in [5, 5.41) is 0.394. The molecule has 9 heteroatoms. The van der Waals surface area contributed by atoms with Crippen LogP contribution in [0.15, 0.2) is 68.3 Å². The molecule has 0 fully saturated rings. The van der Waals surface area contributed by atoms with Crippen LogP contribution in [0.1, 0.15) is 22.5 Å². The van der Waals surface area contributed by atoms with Gasteiger partial charge in [-0.15, -0.1) is 0 Å². The lowest BCUT2D eigenvalue weighted by Gasteiger charge is -2.15. The summed E-state index contributed by atoms with van der Waals surface area (Å²) < 4.78 is 58.6. The number of hydrogen-bond donors (Lipinski definition) is 0. The topological polar surface area (TPSA) is 48.7 Å². The molecule has 0 saturated carbocycles. The standard InChI is InChI=1S/C25H17BrClF3O4/c1-13-9-18(10-14(2)21(13)27)33-23-22(31)19-8-7-17(11-20(19)34-24(23)25(28,29)30)32-12-15-3-5-16(26)6-4-15/h3-11H,12H2,1-2H3. The Bertz CT molecular complexity index is 1410. The van der Waals surface area contributed by atoms with Crippen molar-refractivity contribution in [3.8, 4) is 17.2 Å². The first-order valence-electron chi connectivity index (χ1n) is 10.0. The van der Waals surface area contributed by atoms with E-state index in [-0.39, 0.29) is 29.1 Å². The van der Waals surface area contributed by atoms with Crippen LogP contribution in [0.2, 0.25) is 5.02 Å². The molecule has 1 heterocycles. The average Bonchev–Trinajstić information content (AvgIpc) is 2.78. The molecule has 0 saturated heterocycles. The van der Waals surface area contributed by atoms with E-state index in [2.05, 4.69) is 15.9 Å². The summed E-state index contributed by atoms with van der Waals surface area (Å²) in [6.45, 7) is 3.56. The second-order valence-corrected chi connectivity index (χ2v) is 8.93. The van der Waals surface area contributed by atoms with E-state index in [0.717, 1.165) is 10.0 Å². The normalized spacial score (nSPS) is 11.6. The fraction of sp³-hybridized carbons (Fsp3) is 0.160. The number of fused-ring (bicyclic) bond motifs is 1. The van der Waals surface area contributed by atoms with Crippen molar-refractivity contribution in [2.24, 2.45) is 0 Å². The number of ether oxygens (including phenoxy) is 2. The largest absolute Gasteiger partial charge is 0.489 e. The van der Waals surface area contributed by atoms with Crippen LogP contribution in [-0.2, 0) is 12.8 Å². The second-order valence-electron chi connectivity index (χ2n) is 7.63. The Labute approximate surface area is 206 Å². The molecule has 4 rings (SSSR count). The number of aryl methyl sites for hydroxylation is 2. The lowest BCUT2D eigenvalue weighted by Crippen LogP contribution is -2.15. The van der Waals surface area contributed by atoms with Crippen LogP contribution >= 0.6 is 27.5 Å². The highest BCUT2D eigenvalue weighted by molar-refractivity contribution is 9.10. The summed E-state index contributed by atoms with van der Waals surface area (Å²) in [6, 6.07) is 14.4. The van der Waals surface area contributed by atoms with Crippen molar-refractivity contribution in [1.29, 1.82) is 0 Å². The number of halogens is 5. The second kappa shape index (κ2) is 9.35. The zero-order valence-corrected chi connectivity index (χ0v) is 20.3. The maximum atomic E-state index is 13.8. The van der Waals surface area contributed by atoms with Crippen LogP contribution in [0, 0.1) is 13.8 Å². The summed E-state index contributed by atoms with van der Waals surface area (Å²) in [7, 11) is 0. The zero-order chi connectivity index (χ0) is 24.6. The molecule has 0 unspecified atom stereocenters. The van der Waals surface area contributed by atoms with Crippen LogP contribution in [0.25, 0.3) is 11.0 Å². The minimum atomic E-state index is -4.96. The van der Waals surface area contributed by atoms with Gasteiger partial charge in [0.25, 0.3) is 5.76 Å². The van der Waals surface area contributed by atoms with Gasteiger partial charge in [-0.3, -0.25) is 4.79 Å². The van der Waals surface area contributed by atoms with Gasteiger partial charge in [0.1, 0.15) is 23.7 Å². The molecule has 0 aliphatic carbocycles. The van der Waals surface area contributed by atoms with Gasteiger partial charge in [0.2, 0.25) is 11.2 Å². The lowest BCUT2D eigenvalue weighted by molar-refractivity contribution is -0.154.